The van der Waals surface area contributed by atoms with Gasteiger partial charge in [0.1, 0.15) is 5.82 Å². The minimum Gasteiger partial charge on any atom is -0.356 e. The summed E-state index contributed by atoms with van der Waals surface area (Å²) in [5, 5.41) is 5.59. The molecule has 0 radical (unpaired) electrons. The van der Waals surface area contributed by atoms with E-state index in [4.69, 9.17) is 9.97 Å². The molecule has 0 amide bonds. The van der Waals surface area contributed by atoms with Crippen LogP contribution in [-0.4, -0.2) is 32.8 Å². The molecule has 0 N–H and O–H groups in total. The molecule has 2 heterocycles. The van der Waals surface area contributed by atoms with Crippen LogP contribution in [0, 0.1) is 13.8 Å². The highest BCUT2D eigenvalue weighted by molar-refractivity contribution is 5.90. The second-order valence-corrected chi connectivity index (χ2v) is 5.38. The summed E-state index contributed by atoms with van der Waals surface area (Å²) in [6.07, 6.45) is 0. The van der Waals surface area contributed by atoms with Gasteiger partial charge in [-0.25, -0.2) is 9.67 Å². The molecule has 0 bridgehead atoms. The number of anilines is 1. The maximum atomic E-state index is 4.80. The number of nitrogens with zero attached hydrogens (tertiary/aromatic N) is 5. The van der Waals surface area contributed by atoms with E-state index < -0.39 is 0 Å². The van der Waals surface area contributed by atoms with Gasteiger partial charge in [0.2, 0.25) is 0 Å². The fraction of sp³-hybridized carbons (Fsp3) is 0.353. The molecule has 0 saturated carbocycles. The Kier molecular flexibility index (Phi) is 5.21. The highest BCUT2D eigenvalue weighted by Crippen LogP contribution is 2.25. The lowest BCUT2D eigenvalue weighted by Crippen LogP contribution is -2.24. The van der Waals surface area contributed by atoms with E-state index in [0.717, 1.165) is 41.2 Å². The van der Waals surface area contributed by atoms with Crippen LogP contribution in [0.4, 0.5) is 5.82 Å². The van der Waals surface area contributed by atoms with E-state index in [-0.39, 0.29) is 12.4 Å². The molecule has 0 aliphatic heterocycles. The Bertz CT molecular complexity index is 808. The number of rotatable bonds is 4. The molecule has 0 fully saturated rings. The largest absolute Gasteiger partial charge is 0.356 e. The molecule has 122 valence electrons. The predicted octanol–water partition coefficient (Wildman–Crippen LogP) is 3.70. The predicted molar refractivity (Wildman–Crippen MR) is 96.9 cm³/mol. The lowest BCUT2D eigenvalue weighted by atomic mass is 10.2. The number of hydrogen-bond acceptors (Lipinski definition) is 4. The quantitative estimate of drug-likeness (QED) is 0.731. The summed E-state index contributed by atoms with van der Waals surface area (Å²) in [4.78, 5) is 11.7. The van der Waals surface area contributed by atoms with Crippen LogP contribution >= 0.6 is 12.4 Å². The van der Waals surface area contributed by atoms with Crippen LogP contribution in [0.1, 0.15) is 25.2 Å². The molecule has 0 atom stereocenters. The van der Waals surface area contributed by atoms with Gasteiger partial charge < -0.3 is 4.90 Å². The summed E-state index contributed by atoms with van der Waals surface area (Å²) in [5.74, 6) is 1.60. The summed E-state index contributed by atoms with van der Waals surface area (Å²) < 4.78 is 1.81. The second-order valence-electron chi connectivity index (χ2n) is 5.38. The van der Waals surface area contributed by atoms with E-state index in [1.54, 1.807) is 0 Å². The van der Waals surface area contributed by atoms with Gasteiger partial charge in [0.05, 0.1) is 11.2 Å². The molecule has 5 nitrogen and oxygen atoms in total. The van der Waals surface area contributed by atoms with Crippen LogP contribution in [-0.2, 0) is 0 Å². The Hall–Kier alpha value is -2.14. The minimum atomic E-state index is 0. The van der Waals surface area contributed by atoms with E-state index >= 15 is 0 Å². The van der Waals surface area contributed by atoms with E-state index in [1.807, 2.05) is 42.8 Å². The van der Waals surface area contributed by atoms with Gasteiger partial charge in [0, 0.05) is 24.2 Å². The monoisotopic (exact) mass is 331 g/mol. The van der Waals surface area contributed by atoms with E-state index in [2.05, 4.69) is 29.9 Å². The fourth-order valence-electron chi connectivity index (χ4n) is 2.74. The lowest BCUT2D eigenvalue weighted by molar-refractivity contribution is 0.767. The number of fused-ring (bicyclic) bond motifs is 1. The van der Waals surface area contributed by atoms with Crippen molar-refractivity contribution in [3.8, 4) is 5.95 Å². The highest BCUT2D eigenvalue weighted by atomic mass is 35.5. The molecular weight excluding hydrogens is 310 g/mol. The van der Waals surface area contributed by atoms with Gasteiger partial charge in [-0.2, -0.15) is 10.1 Å². The van der Waals surface area contributed by atoms with Gasteiger partial charge in [-0.3, -0.25) is 0 Å². The Morgan fingerprint density at radius 3 is 2.35 bits per heavy atom. The normalized spacial score (nSPS) is 10.6. The van der Waals surface area contributed by atoms with E-state index in [1.165, 1.54) is 0 Å². The summed E-state index contributed by atoms with van der Waals surface area (Å²) in [5.41, 5.74) is 2.96. The Labute approximate surface area is 142 Å². The first-order chi connectivity index (χ1) is 10.6. The standard InChI is InChI=1S/C17H21N5.ClH/c1-5-21(6-2)16-14-9-7-8-10-15(14)18-17(19-16)22-13(4)11-12(3)20-22;/h7-11H,5-6H2,1-4H3;1H. The number of aryl methyl sites for hydroxylation is 2. The van der Waals surface area contributed by atoms with Crippen molar-refractivity contribution < 1.29 is 0 Å². The van der Waals surface area contributed by atoms with Crippen LogP contribution in [0.5, 0.6) is 0 Å². The van der Waals surface area contributed by atoms with Crippen LogP contribution in [0.3, 0.4) is 0 Å². The first-order valence-electron chi connectivity index (χ1n) is 7.69. The fourth-order valence-corrected chi connectivity index (χ4v) is 2.74. The Morgan fingerprint density at radius 1 is 1.04 bits per heavy atom. The molecule has 0 saturated heterocycles. The number of benzene rings is 1. The van der Waals surface area contributed by atoms with E-state index in [0.29, 0.717) is 5.95 Å². The third kappa shape index (κ3) is 3.15. The van der Waals surface area contributed by atoms with Crippen LogP contribution in [0.2, 0.25) is 0 Å². The molecule has 0 spiro atoms. The van der Waals surface area contributed by atoms with Crippen LogP contribution in [0.15, 0.2) is 30.3 Å². The molecule has 0 unspecified atom stereocenters. The zero-order valence-corrected chi connectivity index (χ0v) is 14.8. The van der Waals surface area contributed by atoms with Crippen molar-refractivity contribution >= 4 is 29.1 Å². The molecule has 3 rings (SSSR count). The number of hydrogen-bond donors (Lipinski definition) is 0. The molecule has 1 aromatic carbocycles. The van der Waals surface area contributed by atoms with Crippen molar-refractivity contribution in [3.63, 3.8) is 0 Å². The van der Waals surface area contributed by atoms with Crippen LogP contribution in [0.25, 0.3) is 16.9 Å². The van der Waals surface area contributed by atoms with Gasteiger partial charge in [-0.05, 0) is 45.9 Å². The molecular formula is C17H22ClN5. The van der Waals surface area contributed by atoms with Crippen molar-refractivity contribution in [1.29, 1.82) is 0 Å². The van der Waals surface area contributed by atoms with Crippen molar-refractivity contribution in [3.05, 3.63) is 41.7 Å². The Balaban J connectivity index is 0.00000192. The average molecular weight is 332 g/mol. The Morgan fingerprint density at radius 2 is 1.74 bits per heavy atom. The lowest BCUT2D eigenvalue weighted by Gasteiger charge is -2.22. The third-order valence-corrected chi connectivity index (χ3v) is 3.83. The molecule has 3 aromatic rings. The van der Waals surface area contributed by atoms with Gasteiger partial charge in [0.15, 0.2) is 0 Å². The van der Waals surface area contributed by atoms with Crippen molar-refractivity contribution in [2.45, 2.75) is 27.7 Å². The average Bonchev–Trinajstić information content (AvgIpc) is 2.87. The first-order valence-corrected chi connectivity index (χ1v) is 7.69. The van der Waals surface area contributed by atoms with Gasteiger partial charge in [-0.15, -0.1) is 12.4 Å². The zero-order valence-electron chi connectivity index (χ0n) is 13.9. The van der Waals surface area contributed by atoms with Gasteiger partial charge >= 0.3 is 0 Å². The summed E-state index contributed by atoms with van der Waals surface area (Å²) in [6.45, 7) is 10.1. The molecule has 23 heavy (non-hydrogen) atoms. The summed E-state index contributed by atoms with van der Waals surface area (Å²) in [6, 6.07) is 10.2. The SMILES string of the molecule is CCN(CC)c1nc(-n2nc(C)cc2C)nc2ccccc12.Cl. The molecule has 6 heteroatoms. The minimum absolute atomic E-state index is 0. The number of aromatic nitrogens is 4. The molecule has 2 aromatic heterocycles. The van der Waals surface area contributed by atoms with Crippen molar-refractivity contribution in [1.82, 2.24) is 19.7 Å². The maximum absolute atomic E-state index is 4.80. The molecule has 0 aliphatic rings. The van der Waals surface area contributed by atoms with Crippen molar-refractivity contribution in [2.24, 2.45) is 0 Å². The van der Waals surface area contributed by atoms with Gasteiger partial charge in [0.25, 0.3) is 5.95 Å². The third-order valence-electron chi connectivity index (χ3n) is 3.83. The second kappa shape index (κ2) is 6.96. The topological polar surface area (TPSA) is 46.8 Å². The van der Waals surface area contributed by atoms with Crippen LogP contribution < -0.4 is 4.90 Å². The van der Waals surface area contributed by atoms with E-state index in [9.17, 15) is 0 Å². The maximum Gasteiger partial charge on any atom is 0.253 e. The first kappa shape index (κ1) is 17.2. The number of para-hydroxylation sites is 1. The van der Waals surface area contributed by atoms with Crippen molar-refractivity contribution in [2.75, 3.05) is 18.0 Å². The number of halogens is 1. The highest BCUT2D eigenvalue weighted by Gasteiger charge is 2.14. The molecule has 0 aliphatic carbocycles. The zero-order chi connectivity index (χ0) is 15.7. The van der Waals surface area contributed by atoms with Gasteiger partial charge in [-0.1, -0.05) is 12.1 Å². The smallest absolute Gasteiger partial charge is 0.253 e. The summed E-state index contributed by atoms with van der Waals surface area (Å²) in [7, 11) is 0. The summed E-state index contributed by atoms with van der Waals surface area (Å²) >= 11 is 0.